The highest BCUT2D eigenvalue weighted by molar-refractivity contribution is 7.22. The fourth-order valence-corrected chi connectivity index (χ4v) is 4.84. The van der Waals surface area contributed by atoms with E-state index in [9.17, 15) is 14.4 Å². The first-order valence-electron chi connectivity index (χ1n) is 9.16. The Hall–Kier alpha value is -2.48. The Morgan fingerprint density at radius 2 is 1.96 bits per heavy atom. The van der Waals surface area contributed by atoms with Crippen LogP contribution in [0.5, 0.6) is 5.75 Å². The van der Waals surface area contributed by atoms with E-state index in [2.05, 4.69) is 10.3 Å². The second kappa shape index (κ2) is 7.26. The molecule has 2 aromatic rings. The van der Waals surface area contributed by atoms with Gasteiger partial charge < -0.3 is 10.1 Å². The molecule has 0 radical (unpaired) electrons. The van der Waals surface area contributed by atoms with Gasteiger partial charge in [0.2, 0.25) is 17.7 Å². The zero-order valence-corrected chi connectivity index (χ0v) is 15.9. The van der Waals surface area contributed by atoms with Crippen molar-refractivity contribution in [1.29, 1.82) is 0 Å². The van der Waals surface area contributed by atoms with Gasteiger partial charge in [-0.1, -0.05) is 24.2 Å². The number of hydrogen-bond donors (Lipinski definition) is 1. The van der Waals surface area contributed by atoms with Crippen LogP contribution in [0.2, 0.25) is 0 Å². The molecule has 3 amide bonds. The maximum absolute atomic E-state index is 12.5. The van der Waals surface area contributed by atoms with E-state index in [1.165, 1.54) is 16.2 Å². The summed E-state index contributed by atoms with van der Waals surface area (Å²) in [7, 11) is 1.60. The number of nitrogens with zero attached hydrogens (tertiary/aromatic N) is 2. The molecular weight excluding hydrogens is 366 g/mol. The van der Waals surface area contributed by atoms with Crippen LogP contribution in [0.3, 0.4) is 0 Å². The van der Waals surface area contributed by atoms with Gasteiger partial charge in [0.15, 0.2) is 5.13 Å². The monoisotopic (exact) mass is 387 g/mol. The van der Waals surface area contributed by atoms with Crippen molar-refractivity contribution in [3.63, 3.8) is 0 Å². The summed E-state index contributed by atoms with van der Waals surface area (Å²) < 4.78 is 6.11. The van der Waals surface area contributed by atoms with Gasteiger partial charge in [0.1, 0.15) is 5.75 Å². The van der Waals surface area contributed by atoms with Gasteiger partial charge in [-0.05, 0) is 31.0 Å². The lowest BCUT2D eigenvalue weighted by Crippen LogP contribution is -2.34. The maximum atomic E-state index is 12.5. The summed E-state index contributed by atoms with van der Waals surface area (Å²) in [5, 5.41) is 3.26. The third-order valence-electron chi connectivity index (χ3n) is 5.34. The smallest absolute Gasteiger partial charge is 0.233 e. The molecule has 2 fully saturated rings. The van der Waals surface area contributed by atoms with E-state index in [1.54, 1.807) is 7.11 Å². The van der Waals surface area contributed by atoms with Crippen molar-refractivity contribution in [2.24, 2.45) is 11.8 Å². The summed E-state index contributed by atoms with van der Waals surface area (Å²) in [6.45, 7) is 0.134. The largest absolute Gasteiger partial charge is 0.497 e. The summed E-state index contributed by atoms with van der Waals surface area (Å²) in [5.41, 5.74) is 0.782. The molecule has 1 saturated carbocycles. The molecule has 1 aromatic heterocycles. The van der Waals surface area contributed by atoms with Crippen molar-refractivity contribution in [2.75, 3.05) is 19.0 Å². The number of methoxy groups -OCH3 is 1. The molecule has 0 spiro atoms. The fraction of sp³-hybridized carbons (Fsp3) is 0.474. The van der Waals surface area contributed by atoms with Crippen molar-refractivity contribution in [1.82, 2.24) is 9.88 Å². The first-order chi connectivity index (χ1) is 13.1. The van der Waals surface area contributed by atoms with Gasteiger partial charge in [-0.3, -0.25) is 19.3 Å². The van der Waals surface area contributed by atoms with Crippen LogP contribution in [0.25, 0.3) is 10.2 Å². The minimum absolute atomic E-state index is 0.0795. The van der Waals surface area contributed by atoms with Crippen molar-refractivity contribution < 1.29 is 19.1 Å². The number of amides is 3. The highest BCUT2D eigenvalue weighted by atomic mass is 32.1. The number of benzene rings is 1. The quantitative estimate of drug-likeness (QED) is 0.797. The van der Waals surface area contributed by atoms with Gasteiger partial charge in [0.25, 0.3) is 0 Å². The van der Waals surface area contributed by atoms with Crippen LogP contribution in [0.15, 0.2) is 18.2 Å². The van der Waals surface area contributed by atoms with Crippen molar-refractivity contribution in [3.05, 3.63) is 18.2 Å². The second-order valence-electron chi connectivity index (χ2n) is 6.98. The number of carbonyl (C=O) groups excluding carboxylic acids is 3. The number of thiazole rings is 1. The topological polar surface area (TPSA) is 88.6 Å². The highest BCUT2D eigenvalue weighted by Crippen LogP contribution is 2.38. The Balaban J connectivity index is 1.37. The predicted octanol–water partition coefficient (Wildman–Crippen LogP) is 2.81. The molecule has 27 heavy (non-hydrogen) atoms. The zero-order chi connectivity index (χ0) is 19.0. The van der Waals surface area contributed by atoms with Crippen LogP contribution >= 0.6 is 11.3 Å². The lowest BCUT2D eigenvalue weighted by atomic mass is 9.81. The molecule has 0 unspecified atom stereocenters. The summed E-state index contributed by atoms with van der Waals surface area (Å²) in [6, 6.07) is 5.52. The zero-order valence-electron chi connectivity index (χ0n) is 15.1. The first kappa shape index (κ1) is 17.9. The van der Waals surface area contributed by atoms with Crippen LogP contribution in [0, 0.1) is 11.8 Å². The molecule has 1 aromatic carbocycles. The normalized spacial score (nSPS) is 22.2. The van der Waals surface area contributed by atoms with E-state index in [-0.39, 0.29) is 42.5 Å². The van der Waals surface area contributed by atoms with E-state index in [1.807, 2.05) is 18.2 Å². The van der Waals surface area contributed by atoms with Gasteiger partial charge in [-0.15, -0.1) is 0 Å². The number of hydrogen-bond acceptors (Lipinski definition) is 6. The molecule has 2 heterocycles. The third kappa shape index (κ3) is 3.41. The lowest BCUT2D eigenvalue weighted by molar-refractivity contribution is -0.140. The van der Waals surface area contributed by atoms with Crippen LogP contribution < -0.4 is 10.1 Å². The average molecular weight is 387 g/mol. The molecule has 4 rings (SSSR count). The van der Waals surface area contributed by atoms with E-state index in [0.29, 0.717) is 5.13 Å². The molecule has 8 heteroatoms. The van der Waals surface area contributed by atoms with Crippen LogP contribution in [-0.4, -0.2) is 41.3 Å². The Morgan fingerprint density at radius 3 is 2.63 bits per heavy atom. The number of fused-ring (bicyclic) bond motifs is 2. The summed E-state index contributed by atoms with van der Waals surface area (Å²) in [6.07, 6.45) is 3.64. The summed E-state index contributed by atoms with van der Waals surface area (Å²) in [4.78, 5) is 42.8. The number of aromatic nitrogens is 1. The predicted molar refractivity (Wildman–Crippen MR) is 102 cm³/mol. The van der Waals surface area contributed by atoms with Gasteiger partial charge in [-0.25, -0.2) is 4.98 Å². The molecule has 1 saturated heterocycles. The summed E-state index contributed by atoms with van der Waals surface area (Å²) in [5.74, 6) is -0.0793. The molecule has 2 aliphatic rings. The summed E-state index contributed by atoms with van der Waals surface area (Å²) >= 11 is 1.36. The number of carbonyl (C=O) groups is 3. The van der Waals surface area contributed by atoms with Gasteiger partial charge in [-0.2, -0.15) is 0 Å². The van der Waals surface area contributed by atoms with Crippen LogP contribution in [0.1, 0.15) is 32.1 Å². The molecule has 7 nitrogen and oxygen atoms in total. The Kier molecular flexibility index (Phi) is 4.82. The molecular formula is C19H21N3O4S. The number of nitrogens with one attached hydrogen (secondary N) is 1. The minimum atomic E-state index is -0.253. The number of rotatable bonds is 5. The molecule has 2 atom stereocenters. The SMILES string of the molecule is COc1ccc2nc(NC(=O)CCN3C(=O)[C@H]4CCCC[C@H]4C3=O)sc2c1. The van der Waals surface area contributed by atoms with E-state index in [0.717, 1.165) is 41.6 Å². The van der Waals surface area contributed by atoms with Gasteiger partial charge in [0.05, 0.1) is 29.2 Å². The van der Waals surface area contributed by atoms with E-state index in [4.69, 9.17) is 4.74 Å². The third-order valence-corrected chi connectivity index (χ3v) is 6.27. The minimum Gasteiger partial charge on any atom is -0.497 e. The molecule has 142 valence electrons. The van der Waals surface area contributed by atoms with Gasteiger partial charge in [0, 0.05) is 13.0 Å². The number of likely N-dealkylation sites (tertiary alicyclic amines) is 1. The molecule has 1 N–H and O–H groups in total. The first-order valence-corrected chi connectivity index (χ1v) is 9.98. The van der Waals surface area contributed by atoms with Crippen molar-refractivity contribution in [3.8, 4) is 5.75 Å². The Labute approximate surface area is 160 Å². The van der Waals surface area contributed by atoms with Crippen molar-refractivity contribution >= 4 is 44.4 Å². The van der Waals surface area contributed by atoms with Crippen LogP contribution in [-0.2, 0) is 14.4 Å². The fourth-order valence-electron chi connectivity index (χ4n) is 3.93. The Bertz CT molecular complexity index is 885. The number of imide groups is 1. The molecule has 0 bridgehead atoms. The molecule has 1 aliphatic heterocycles. The maximum Gasteiger partial charge on any atom is 0.233 e. The van der Waals surface area contributed by atoms with Crippen molar-refractivity contribution in [2.45, 2.75) is 32.1 Å². The number of anilines is 1. The second-order valence-corrected chi connectivity index (χ2v) is 8.01. The van der Waals surface area contributed by atoms with E-state index < -0.39 is 0 Å². The van der Waals surface area contributed by atoms with Gasteiger partial charge >= 0.3 is 0 Å². The highest BCUT2D eigenvalue weighted by Gasteiger charge is 2.47. The average Bonchev–Trinajstić information content (AvgIpc) is 3.18. The molecule has 1 aliphatic carbocycles. The van der Waals surface area contributed by atoms with E-state index >= 15 is 0 Å². The Morgan fingerprint density at radius 1 is 1.26 bits per heavy atom. The lowest BCUT2D eigenvalue weighted by Gasteiger charge is -2.19. The van der Waals surface area contributed by atoms with Crippen LogP contribution in [0.4, 0.5) is 5.13 Å². The number of ether oxygens (including phenoxy) is 1. The standard InChI is InChI=1S/C19H21N3O4S/c1-26-11-6-7-14-15(10-11)27-19(20-14)21-16(23)8-9-22-17(24)12-4-2-3-5-13(12)18(22)25/h6-7,10,12-13H,2-5,8-9H2,1H3,(H,20,21,23)/t12-,13+.